The Kier molecular flexibility index (Phi) is 6.45. The quantitative estimate of drug-likeness (QED) is 0.220. The zero-order valence-electron chi connectivity index (χ0n) is 19.4. The highest BCUT2D eigenvalue weighted by Crippen LogP contribution is 2.43. The Balaban J connectivity index is 1.53. The Hall–Kier alpha value is -3.78. The van der Waals surface area contributed by atoms with Crippen LogP contribution in [0.25, 0.3) is 11.1 Å². The van der Waals surface area contributed by atoms with Crippen molar-refractivity contribution in [2.45, 2.75) is 13.1 Å². The summed E-state index contributed by atoms with van der Waals surface area (Å²) in [6.45, 7) is 0.930. The van der Waals surface area contributed by atoms with E-state index < -0.39 is 11.8 Å². The van der Waals surface area contributed by atoms with Crippen LogP contribution in [0.15, 0.2) is 90.6 Å². The fraction of sp³-hybridized carbons (Fsp3) is 0.107. The summed E-state index contributed by atoms with van der Waals surface area (Å²) >= 11 is 7.46. The number of thiazole rings is 1. The van der Waals surface area contributed by atoms with Gasteiger partial charge < -0.3 is 10.4 Å². The second kappa shape index (κ2) is 9.70. The SMILES string of the molecule is C[N+]1(Cc2ccccc2-c2ccccc2)C=C(C(=O)O)C(=O)c2nc(NCc3cccc(Cl)c3)sc21. The molecule has 0 fully saturated rings. The summed E-state index contributed by atoms with van der Waals surface area (Å²) in [5.74, 6) is -1.83. The van der Waals surface area contributed by atoms with Gasteiger partial charge in [0.25, 0.3) is 0 Å². The Morgan fingerprint density at radius 3 is 2.56 bits per heavy atom. The van der Waals surface area contributed by atoms with E-state index in [4.69, 9.17) is 11.6 Å². The van der Waals surface area contributed by atoms with Gasteiger partial charge in [-0.2, -0.15) is 0 Å². The number of quaternary nitrogens is 1. The molecule has 0 spiro atoms. The van der Waals surface area contributed by atoms with Crippen LogP contribution in [0, 0.1) is 0 Å². The van der Waals surface area contributed by atoms with Gasteiger partial charge in [-0.1, -0.05) is 78.3 Å². The molecular formula is C28H23ClN3O3S+. The van der Waals surface area contributed by atoms with Crippen LogP contribution in [0.3, 0.4) is 0 Å². The number of ketones is 1. The fourth-order valence-corrected chi connectivity index (χ4v) is 5.66. The molecule has 0 saturated carbocycles. The molecule has 0 radical (unpaired) electrons. The van der Waals surface area contributed by atoms with Gasteiger partial charge >= 0.3 is 5.97 Å². The van der Waals surface area contributed by atoms with Crippen molar-refractivity contribution in [3.63, 3.8) is 0 Å². The van der Waals surface area contributed by atoms with Crippen molar-refractivity contribution in [2.75, 3.05) is 12.4 Å². The van der Waals surface area contributed by atoms with E-state index in [9.17, 15) is 14.7 Å². The third-order valence-electron chi connectivity index (χ3n) is 6.11. The number of halogens is 1. The number of aromatic nitrogens is 1. The first-order valence-corrected chi connectivity index (χ1v) is 12.5. The molecule has 2 heterocycles. The number of Topliss-reactive ketones (excluding diaryl/α,β-unsaturated/α-hetero) is 1. The average molecular weight is 517 g/mol. The lowest BCUT2D eigenvalue weighted by atomic mass is 9.98. The molecule has 1 unspecified atom stereocenters. The second-order valence-electron chi connectivity index (χ2n) is 8.78. The summed E-state index contributed by atoms with van der Waals surface area (Å²) in [6.07, 6.45) is 1.54. The molecule has 5 rings (SSSR count). The van der Waals surface area contributed by atoms with Crippen molar-refractivity contribution in [1.82, 2.24) is 9.47 Å². The van der Waals surface area contributed by atoms with Crippen LogP contribution in [-0.2, 0) is 17.9 Å². The lowest BCUT2D eigenvalue weighted by Gasteiger charge is -2.32. The van der Waals surface area contributed by atoms with Crippen molar-refractivity contribution in [2.24, 2.45) is 0 Å². The molecule has 0 saturated heterocycles. The predicted molar refractivity (Wildman–Crippen MR) is 144 cm³/mol. The molecule has 1 atom stereocenters. The number of hydrogen-bond donors (Lipinski definition) is 2. The lowest BCUT2D eigenvalue weighted by molar-refractivity contribution is -0.132. The molecule has 2 N–H and O–H groups in total. The zero-order chi connectivity index (χ0) is 25.3. The first-order chi connectivity index (χ1) is 17.3. The number of hydrogen-bond acceptors (Lipinski definition) is 5. The van der Waals surface area contributed by atoms with E-state index in [1.54, 1.807) is 6.07 Å². The highest BCUT2D eigenvalue weighted by molar-refractivity contribution is 7.19. The van der Waals surface area contributed by atoms with E-state index in [1.165, 1.54) is 17.5 Å². The molecular weight excluding hydrogens is 494 g/mol. The maximum atomic E-state index is 13.1. The van der Waals surface area contributed by atoms with Crippen molar-refractivity contribution >= 4 is 44.8 Å². The molecule has 1 aliphatic rings. The van der Waals surface area contributed by atoms with Crippen LogP contribution in [-0.4, -0.2) is 28.9 Å². The van der Waals surface area contributed by atoms with Crippen molar-refractivity contribution in [3.8, 4) is 11.1 Å². The molecule has 1 aromatic heterocycles. The fourth-order valence-electron chi connectivity index (χ4n) is 4.42. The molecule has 0 bridgehead atoms. The third-order valence-corrected chi connectivity index (χ3v) is 7.58. The highest BCUT2D eigenvalue weighted by atomic mass is 35.5. The van der Waals surface area contributed by atoms with Gasteiger partial charge in [0, 0.05) is 17.1 Å². The maximum absolute atomic E-state index is 13.1. The minimum atomic E-state index is -1.26. The van der Waals surface area contributed by atoms with E-state index in [0.717, 1.165) is 22.3 Å². The van der Waals surface area contributed by atoms with Gasteiger partial charge in [-0.15, -0.1) is 0 Å². The van der Waals surface area contributed by atoms with E-state index >= 15 is 0 Å². The summed E-state index contributed by atoms with van der Waals surface area (Å²) in [6, 6.07) is 25.6. The molecule has 4 aromatic rings. The molecule has 1 aliphatic heterocycles. The van der Waals surface area contributed by atoms with Gasteiger partial charge in [0.2, 0.25) is 10.8 Å². The summed E-state index contributed by atoms with van der Waals surface area (Å²) in [5.41, 5.74) is 4.05. The van der Waals surface area contributed by atoms with Crippen LogP contribution in [0.4, 0.5) is 10.1 Å². The standard InChI is InChI=1S/C28H22ClN3O3S/c1-32(16-20-11-5-6-13-22(20)19-9-3-2-4-10-19)17-23(27(34)35)25(33)24-26(32)36-28(31-24)30-15-18-8-7-12-21(29)14-18/h2-14,17H,15-16H2,1H3,(H-,30,31,34,35)/p+1. The van der Waals surface area contributed by atoms with Crippen molar-refractivity contribution in [3.05, 3.63) is 112 Å². The number of anilines is 1. The van der Waals surface area contributed by atoms with Crippen LogP contribution < -0.4 is 9.80 Å². The average Bonchev–Trinajstić information content (AvgIpc) is 3.32. The molecule has 36 heavy (non-hydrogen) atoms. The summed E-state index contributed by atoms with van der Waals surface area (Å²) < 4.78 is 0.114. The van der Waals surface area contributed by atoms with E-state index in [1.807, 2.05) is 73.8 Å². The van der Waals surface area contributed by atoms with Crippen LogP contribution >= 0.6 is 22.9 Å². The number of carboxylic acid groups (broad SMARTS) is 1. The molecule has 180 valence electrons. The topological polar surface area (TPSA) is 79.3 Å². The number of rotatable bonds is 7. The molecule has 0 amide bonds. The number of fused-ring (bicyclic) bond motifs is 1. The Bertz CT molecular complexity index is 1500. The molecule has 3 aromatic carbocycles. The van der Waals surface area contributed by atoms with E-state index in [2.05, 4.69) is 16.4 Å². The predicted octanol–water partition coefficient (Wildman–Crippen LogP) is 6.38. The Morgan fingerprint density at radius 1 is 1.06 bits per heavy atom. The first-order valence-electron chi connectivity index (χ1n) is 11.3. The zero-order valence-corrected chi connectivity index (χ0v) is 21.0. The molecule has 8 heteroatoms. The number of benzene rings is 3. The number of carbonyl (C=O) groups excluding carboxylic acids is 1. The number of aliphatic carboxylic acids is 1. The molecule has 6 nitrogen and oxygen atoms in total. The van der Waals surface area contributed by atoms with Gasteiger partial charge in [0.15, 0.2) is 16.4 Å². The number of carbonyl (C=O) groups is 2. The van der Waals surface area contributed by atoms with Crippen molar-refractivity contribution in [1.29, 1.82) is 0 Å². The maximum Gasteiger partial charge on any atom is 0.345 e. The lowest BCUT2D eigenvalue weighted by Crippen LogP contribution is -2.43. The number of carboxylic acids is 1. The summed E-state index contributed by atoms with van der Waals surface area (Å²) in [4.78, 5) is 29.6. The Labute approximate surface area is 217 Å². The Morgan fingerprint density at radius 2 is 1.81 bits per heavy atom. The second-order valence-corrected chi connectivity index (χ2v) is 10.2. The van der Waals surface area contributed by atoms with Gasteiger partial charge in [-0.25, -0.2) is 9.78 Å². The van der Waals surface area contributed by atoms with E-state index in [0.29, 0.717) is 28.2 Å². The van der Waals surface area contributed by atoms with Crippen molar-refractivity contribution < 1.29 is 14.7 Å². The third kappa shape index (κ3) is 4.68. The number of nitrogens with zero attached hydrogens (tertiary/aromatic N) is 2. The van der Waals surface area contributed by atoms with Gasteiger partial charge in [0.1, 0.15) is 12.7 Å². The normalized spacial score (nSPS) is 16.8. The summed E-state index contributed by atoms with van der Waals surface area (Å²) in [5, 5.41) is 14.9. The monoisotopic (exact) mass is 516 g/mol. The highest BCUT2D eigenvalue weighted by Gasteiger charge is 2.43. The van der Waals surface area contributed by atoms with Gasteiger partial charge in [-0.05, 0) is 40.2 Å². The summed E-state index contributed by atoms with van der Waals surface area (Å²) in [7, 11) is 1.91. The van der Waals surface area contributed by atoms with Crippen LogP contribution in [0.2, 0.25) is 5.02 Å². The van der Waals surface area contributed by atoms with Gasteiger partial charge in [0.05, 0.1) is 7.05 Å². The van der Waals surface area contributed by atoms with Crippen LogP contribution in [0.5, 0.6) is 0 Å². The molecule has 0 aliphatic carbocycles. The largest absolute Gasteiger partial charge is 0.477 e. The van der Waals surface area contributed by atoms with Crippen LogP contribution in [0.1, 0.15) is 21.6 Å². The van der Waals surface area contributed by atoms with E-state index in [-0.39, 0.29) is 15.8 Å². The van der Waals surface area contributed by atoms with Gasteiger partial charge in [-0.3, -0.25) is 9.28 Å². The first kappa shape index (κ1) is 23.9. The minimum Gasteiger partial charge on any atom is -0.477 e. The minimum absolute atomic E-state index is 0.114. The smallest absolute Gasteiger partial charge is 0.345 e. The number of nitrogens with one attached hydrogen (secondary N) is 1.